The molecule has 2 unspecified atom stereocenters. The first-order chi connectivity index (χ1) is 11.0. The number of nitrogens with two attached hydrogens (primary N) is 1. The summed E-state index contributed by atoms with van der Waals surface area (Å²) in [7, 11) is -3.36. The van der Waals surface area contributed by atoms with Gasteiger partial charge in [-0.25, -0.2) is 30.7 Å². The third-order valence-corrected chi connectivity index (χ3v) is 5.39. The topological polar surface area (TPSA) is 72.2 Å². The summed E-state index contributed by atoms with van der Waals surface area (Å²) >= 11 is 0. The summed E-state index contributed by atoms with van der Waals surface area (Å²) < 4.78 is 75.6. The second kappa shape index (κ2) is 10.1. The van der Waals surface area contributed by atoms with Gasteiger partial charge in [-0.1, -0.05) is 20.3 Å². The third-order valence-electron chi connectivity index (χ3n) is 4.70. The second-order valence-electron chi connectivity index (χ2n) is 6.76. The Bertz CT molecular complexity index is 487. The van der Waals surface area contributed by atoms with Crippen molar-refractivity contribution in [1.29, 1.82) is 0 Å². The molecule has 2 rings (SSSR count). The van der Waals surface area contributed by atoms with Crippen LogP contribution in [0.1, 0.15) is 58.8 Å². The minimum absolute atomic E-state index is 0. The third kappa shape index (κ3) is 8.68. The van der Waals surface area contributed by atoms with Crippen molar-refractivity contribution in [3.63, 3.8) is 0 Å². The Labute approximate surface area is 149 Å². The SMILES string of the molecule is C.CS(=O)(=O)NCC1CCCCC1(F)F.NCC1CCCCC1(F)F. The van der Waals surface area contributed by atoms with E-state index in [1.807, 2.05) is 0 Å². The van der Waals surface area contributed by atoms with E-state index in [0.717, 1.165) is 19.1 Å². The molecule has 152 valence electrons. The first-order valence-electron chi connectivity index (χ1n) is 8.38. The van der Waals surface area contributed by atoms with Gasteiger partial charge in [0, 0.05) is 37.8 Å². The molecule has 0 bridgehead atoms. The molecule has 0 spiro atoms. The van der Waals surface area contributed by atoms with Crippen molar-refractivity contribution in [3.8, 4) is 0 Å². The standard InChI is InChI=1S/C8H15F2NO2S.C7H13F2N.CH4/c1-14(12,13)11-6-7-4-2-3-5-8(7,9)10;8-7(9)4-2-1-3-6(7)5-10;/h7,11H,2-6H2,1H3;6H,1-5,10H2;1H4. The van der Waals surface area contributed by atoms with Gasteiger partial charge >= 0.3 is 0 Å². The van der Waals surface area contributed by atoms with Crippen LogP contribution in [-0.2, 0) is 10.0 Å². The summed E-state index contributed by atoms with van der Waals surface area (Å²) in [5.74, 6) is -6.59. The molecule has 0 saturated heterocycles. The molecular weight excluding hydrogens is 360 g/mol. The molecule has 0 aliphatic heterocycles. The molecule has 0 radical (unpaired) electrons. The molecular formula is C16H32F4N2O2S. The highest BCUT2D eigenvalue weighted by molar-refractivity contribution is 7.88. The number of nitrogens with one attached hydrogen (secondary N) is 1. The van der Waals surface area contributed by atoms with Gasteiger partial charge < -0.3 is 5.73 Å². The predicted molar refractivity (Wildman–Crippen MR) is 92.4 cm³/mol. The molecule has 9 heteroatoms. The van der Waals surface area contributed by atoms with E-state index in [2.05, 4.69) is 4.72 Å². The van der Waals surface area contributed by atoms with Gasteiger partial charge in [0.25, 0.3) is 11.8 Å². The van der Waals surface area contributed by atoms with Gasteiger partial charge in [0.05, 0.1) is 6.26 Å². The van der Waals surface area contributed by atoms with Crippen LogP contribution in [0.3, 0.4) is 0 Å². The lowest BCUT2D eigenvalue weighted by Crippen LogP contribution is -2.40. The van der Waals surface area contributed by atoms with E-state index in [4.69, 9.17) is 5.73 Å². The van der Waals surface area contributed by atoms with Gasteiger partial charge in [0.15, 0.2) is 0 Å². The van der Waals surface area contributed by atoms with Gasteiger partial charge in [0.2, 0.25) is 10.0 Å². The highest BCUT2D eigenvalue weighted by Crippen LogP contribution is 2.38. The Hall–Kier alpha value is -0.410. The number of halogens is 4. The molecule has 25 heavy (non-hydrogen) atoms. The number of sulfonamides is 1. The Kier molecular flexibility index (Phi) is 9.90. The zero-order valence-corrected chi connectivity index (χ0v) is 14.9. The van der Waals surface area contributed by atoms with Crippen molar-refractivity contribution in [2.75, 3.05) is 19.3 Å². The van der Waals surface area contributed by atoms with E-state index in [9.17, 15) is 26.0 Å². The molecule has 2 saturated carbocycles. The van der Waals surface area contributed by atoms with E-state index in [1.54, 1.807) is 0 Å². The number of rotatable bonds is 4. The summed E-state index contributed by atoms with van der Waals surface area (Å²) in [6.07, 6.45) is 4.75. The largest absolute Gasteiger partial charge is 0.330 e. The predicted octanol–water partition coefficient (Wildman–Crippen LogP) is 3.77. The maximum Gasteiger partial charge on any atom is 0.252 e. The number of hydrogen-bond acceptors (Lipinski definition) is 3. The number of alkyl halides is 4. The molecule has 0 amide bonds. The highest BCUT2D eigenvalue weighted by atomic mass is 32.2. The van der Waals surface area contributed by atoms with Crippen LogP contribution in [0, 0.1) is 11.8 Å². The normalized spacial score (nSPS) is 28.2. The van der Waals surface area contributed by atoms with Gasteiger partial charge in [-0.05, 0) is 25.7 Å². The van der Waals surface area contributed by atoms with Gasteiger partial charge in [-0.15, -0.1) is 0 Å². The Morgan fingerprint density at radius 2 is 1.40 bits per heavy atom. The van der Waals surface area contributed by atoms with Crippen LogP contribution in [0.4, 0.5) is 17.6 Å². The van der Waals surface area contributed by atoms with Crippen LogP contribution >= 0.6 is 0 Å². The Morgan fingerprint density at radius 1 is 0.960 bits per heavy atom. The van der Waals surface area contributed by atoms with Crippen molar-refractivity contribution >= 4 is 10.0 Å². The Morgan fingerprint density at radius 3 is 1.72 bits per heavy atom. The lowest BCUT2D eigenvalue weighted by Gasteiger charge is -2.31. The Balaban J connectivity index is 0.000000465. The quantitative estimate of drug-likeness (QED) is 0.716. The van der Waals surface area contributed by atoms with E-state index < -0.39 is 33.7 Å². The first-order valence-corrected chi connectivity index (χ1v) is 10.3. The molecule has 4 nitrogen and oxygen atoms in total. The van der Waals surface area contributed by atoms with Crippen molar-refractivity contribution in [2.45, 2.75) is 70.6 Å². The van der Waals surface area contributed by atoms with Crippen LogP contribution in [0.2, 0.25) is 0 Å². The van der Waals surface area contributed by atoms with Crippen LogP contribution < -0.4 is 10.5 Å². The summed E-state index contributed by atoms with van der Waals surface area (Å²) in [6.45, 7) is -0.0150. The summed E-state index contributed by atoms with van der Waals surface area (Å²) in [4.78, 5) is 0. The first kappa shape index (κ1) is 24.6. The average Bonchev–Trinajstić information content (AvgIpc) is 2.45. The highest BCUT2D eigenvalue weighted by Gasteiger charge is 2.41. The molecule has 2 atom stereocenters. The summed E-state index contributed by atoms with van der Waals surface area (Å²) in [5.41, 5.74) is 5.20. The zero-order valence-electron chi connectivity index (χ0n) is 14.0. The van der Waals surface area contributed by atoms with E-state index in [0.29, 0.717) is 25.7 Å². The monoisotopic (exact) mass is 392 g/mol. The van der Waals surface area contributed by atoms with Crippen molar-refractivity contribution in [2.24, 2.45) is 17.6 Å². The van der Waals surface area contributed by atoms with Gasteiger partial charge in [-0.2, -0.15) is 0 Å². The van der Waals surface area contributed by atoms with E-state index in [-0.39, 0.29) is 33.4 Å². The summed E-state index contributed by atoms with van der Waals surface area (Å²) in [5, 5.41) is 0. The van der Waals surface area contributed by atoms with Crippen molar-refractivity contribution in [1.82, 2.24) is 4.72 Å². The second-order valence-corrected chi connectivity index (χ2v) is 8.60. The molecule has 0 aromatic carbocycles. The van der Waals surface area contributed by atoms with Crippen LogP contribution in [0.15, 0.2) is 0 Å². The molecule has 2 aliphatic rings. The number of hydrogen-bond donors (Lipinski definition) is 2. The molecule has 0 aromatic rings. The van der Waals surface area contributed by atoms with Crippen LogP contribution in [0.5, 0.6) is 0 Å². The zero-order chi connectivity index (χ0) is 18.4. The van der Waals surface area contributed by atoms with Crippen molar-refractivity contribution in [3.05, 3.63) is 0 Å². The fraction of sp³-hybridized carbons (Fsp3) is 1.00. The van der Waals surface area contributed by atoms with Gasteiger partial charge in [-0.3, -0.25) is 0 Å². The van der Waals surface area contributed by atoms with Gasteiger partial charge in [0.1, 0.15) is 0 Å². The fourth-order valence-electron chi connectivity index (χ4n) is 3.13. The van der Waals surface area contributed by atoms with E-state index >= 15 is 0 Å². The molecule has 3 N–H and O–H groups in total. The van der Waals surface area contributed by atoms with Crippen molar-refractivity contribution < 1.29 is 26.0 Å². The van der Waals surface area contributed by atoms with E-state index in [1.165, 1.54) is 0 Å². The molecule has 2 fully saturated rings. The molecule has 0 heterocycles. The average molecular weight is 393 g/mol. The van der Waals surface area contributed by atoms with Crippen LogP contribution in [-0.4, -0.2) is 39.6 Å². The fourth-order valence-corrected chi connectivity index (χ4v) is 3.63. The molecule has 2 aliphatic carbocycles. The lowest BCUT2D eigenvalue weighted by molar-refractivity contribution is -0.0829. The summed E-state index contributed by atoms with van der Waals surface area (Å²) in [6, 6.07) is 0. The molecule has 0 aromatic heterocycles. The minimum atomic E-state index is -3.36. The van der Waals surface area contributed by atoms with Crippen LogP contribution in [0.25, 0.3) is 0 Å². The smallest absolute Gasteiger partial charge is 0.252 e. The maximum absolute atomic E-state index is 13.2. The minimum Gasteiger partial charge on any atom is -0.330 e. The lowest BCUT2D eigenvalue weighted by atomic mass is 9.86. The maximum atomic E-state index is 13.2.